The van der Waals surface area contributed by atoms with E-state index in [1.165, 1.54) is 21.3 Å². The predicted octanol–water partition coefficient (Wildman–Crippen LogP) is 3.66. The molecule has 164 valence electrons. The number of esters is 1. The first-order valence-corrected chi connectivity index (χ1v) is 9.63. The zero-order valence-corrected chi connectivity index (χ0v) is 18.0. The van der Waals surface area contributed by atoms with Crippen LogP contribution in [0.25, 0.3) is 6.08 Å². The van der Waals surface area contributed by atoms with Crippen molar-refractivity contribution in [3.05, 3.63) is 47.2 Å². The maximum absolute atomic E-state index is 12.8. The van der Waals surface area contributed by atoms with Gasteiger partial charge in [0.1, 0.15) is 17.2 Å². The van der Waals surface area contributed by atoms with Crippen LogP contribution in [0.5, 0.6) is 28.7 Å². The summed E-state index contributed by atoms with van der Waals surface area (Å²) >= 11 is 0. The number of ketones is 1. The molecule has 0 aromatic heterocycles. The Kier molecular flexibility index (Phi) is 6.69. The quantitative estimate of drug-likeness (QED) is 0.465. The van der Waals surface area contributed by atoms with E-state index in [1.807, 2.05) is 0 Å². The lowest BCUT2D eigenvalue weighted by Gasteiger charge is -2.13. The van der Waals surface area contributed by atoms with Gasteiger partial charge in [-0.25, -0.2) is 4.79 Å². The maximum atomic E-state index is 12.8. The van der Waals surface area contributed by atoms with E-state index < -0.39 is 12.1 Å². The van der Waals surface area contributed by atoms with Gasteiger partial charge in [0, 0.05) is 17.7 Å². The van der Waals surface area contributed by atoms with Crippen LogP contribution in [0.1, 0.15) is 29.8 Å². The summed E-state index contributed by atoms with van der Waals surface area (Å²) in [5.41, 5.74) is 0.977. The summed E-state index contributed by atoms with van der Waals surface area (Å²) in [6, 6.07) is 8.13. The number of methoxy groups -OCH3 is 3. The molecule has 1 aliphatic heterocycles. The van der Waals surface area contributed by atoms with Gasteiger partial charge in [0.2, 0.25) is 5.78 Å². The van der Waals surface area contributed by atoms with Crippen molar-refractivity contribution in [2.24, 2.45) is 0 Å². The molecule has 0 fully saturated rings. The lowest BCUT2D eigenvalue weighted by atomic mass is 10.1. The van der Waals surface area contributed by atoms with Crippen LogP contribution >= 0.6 is 0 Å². The Morgan fingerprint density at radius 1 is 1.03 bits per heavy atom. The molecule has 2 aromatic carbocycles. The van der Waals surface area contributed by atoms with Crippen molar-refractivity contribution in [2.75, 3.05) is 27.9 Å². The molecule has 1 atom stereocenters. The summed E-state index contributed by atoms with van der Waals surface area (Å²) in [7, 11) is 4.56. The Morgan fingerprint density at radius 2 is 1.71 bits per heavy atom. The van der Waals surface area contributed by atoms with Crippen molar-refractivity contribution in [3.8, 4) is 28.7 Å². The summed E-state index contributed by atoms with van der Waals surface area (Å²) in [5, 5.41) is 0. The molecule has 31 heavy (non-hydrogen) atoms. The molecule has 8 nitrogen and oxygen atoms in total. The number of allylic oxidation sites excluding steroid dienone is 1. The molecule has 8 heteroatoms. The van der Waals surface area contributed by atoms with Gasteiger partial charge in [-0.3, -0.25) is 4.79 Å². The highest BCUT2D eigenvalue weighted by atomic mass is 16.6. The van der Waals surface area contributed by atoms with E-state index in [4.69, 9.17) is 28.4 Å². The number of benzene rings is 2. The van der Waals surface area contributed by atoms with Crippen LogP contribution in [-0.4, -0.2) is 45.8 Å². The molecular weight excluding hydrogens is 404 g/mol. The topological polar surface area (TPSA) is 89.5 Å². The molecule has 1 heterocycles. The molecule has 2 aromatic rings. The number of hydrogen-bond acceptors (Lipinski definition) is 8. The van der Waals surface area contributed by atoms with Crippen molar-refractivity contribution < 1.29 is 38.0 Å². The second kappa shape index (κ2) is 9.42. The van der Waals surface area contributed by atoms with Crippen molar-refractivity contribution in [1.29, 1.82) is 0 Å². The number of ether oxygens (including phenoxy) is 6. The second-order valence-corrected chi connectivity index (χ2v) is 6.56. The molecule has 1 aliphatic rings. The van der Waals surface area contributed by atoms with Crippen LogP contribution in [-0.2, 0) is 9.53 Å². The minimum atomic E-state index is -0.791. The normalized spacial score (nSPS) is 14.5. The number of rotatable bonds is 8. The first-order chi connectivity index (χ1) is 14.9. The van der Waals surface area contributed by atoms with Crippen LogP contribution in [0, 0.1) is 0 Å². The van der Waals surface area contributed by atoms with Crippen LogP contribution in [0.2, 0.25) is 0 Å². The minimum absolute atomic E-state index is 0.121. The summed E-state index contributed by atoms with van der Waals surface area (Å²) in [5.74, 6) is 1.57. The van der Waals surface area contributed by atoms with Gasteiger partial charge in [0.05, 0.1) is 33.5 Å². The van der Waals surface area contributed by atoms with E-state index in [-0.39, 0.29) is 18.1 Å². The molecule has 0 saturated heterocycles. The molecule has 0 saturated carbocycles. The third-order valence-electron chi connectivity index (χ3n) is 4.60. The van der Waals surface area contributed by atoms with Gasteiger partial charge in [-0.2, -0.15) is 0 Å². The molecule has 0 bridgehead atoms. The van der Waals surface area contributed by atoms with Crippen LogP contribution in [0.15, 0.2) is 36.1 Å². The summed E-state index contributed by atoms with van der Waals surface area (Å²) < 4.78 is 32.3. The number of hydrogen-bond donors (Lipinski definition) is 0. The van der Waals surface area contributed by atoms with Crippen molar-refractivity contribution in [2.45, 2.75) is 20.0 Å². The van der Waals surface area contributed by atoms with Gasteiger partial charge in [-0.1, -0.05) is 0 Å². The Hall–Kier alpha value is -3.68. The van der Waals surface area contributed by atoms with Gasteiger partial charge >= 0.3 is 5.97 Å². The number of carbonyl (C=O) groups excluding carboxylic acids is 2. The van der Waals surface area contributed by atoms with E-state index >= 15 is 0 Å². The van der Waals surface area contributed by atoms with Crippen molar-refractivity contribution in [3.63, 3.8) is 0 Å². The molecule has 3 rings (SSSR count). The second-order valence-electron chi connectivity index (χ2n) is 6.56. The number of fused-ring (bicyclic) bond motifs is 1. The highest BCUT2D eigenvalue weighted by Crippen LogP contribution is 2.39. The minimum Gasteiger partial charge on any atom is -0.496 e. The van der Waals surface area contributed by atoms with Crippen LogP contribution < -0.4 is 23.7 Å². The number of Topliss-reactive ketones (excluding diaryl/α,β-unsaturated/α-hetero) is 1. The summed E-state index contributed by atoms with van der Waals surface area (Å²) in [4.78, 5) is 24.6. The van der Waals surface area contributed by atoms with Gasteiger partial charge in [-0.15, -0.1) is 0 Å². The smallest absolute Gasteiger partial charge is 0.347 e. The average Bonchev–Trinajstić information content (AvgIpc) is 3.08. The molecule has 0 N–H and O–H groups in total. The first kappa shape index (κ1) is 22.0. The fourth-order valence-corrected chi connectivity index (χ4v) is 3.06. The largest absolute Gasteiger partial charge is 0.496 e. The van der Waals surface area contributed by atoms with E-state index in [0.29, 0.717) is 39.9 Å². The first-order valence-electron chi connectivity index (χ1n) is 9.63. The molecule has 0 unspecified atom stereocenters. The van der Waals surface area contributed by atoms with E-state index in [2.05, 4.69) is 0 Å². The third kappa shape index (κ3) is 4.58. The fraction of sp³-hybridized carbons (Fsp3) is 0.304. The standard InChI is InChI=1S/C23H24O8/c1-6-29-23(25)13(2)30-15-7-8-16-18(11-15)31-21(22(16)24)10-14-9-19(27-4)20(28-5)12-17(14)26-3/h7-13H,6H2,1-5H3/b21-10-/t13-/m1/s1. The Morgan fingerprint density at radius 3 is 2.35 bits per heavy atom. The third-order valence-corrected chi connectivity index (χ3v) is 4.60. The highest BCUT2D eigenvalue weighted by molar-refractivity contribution is 6.14. The fourth-order valence-electron chi connectivity index (χ4n) is 3.06. The average molecular weight is 428 g/mol. The van der Waals surface area contributed by atoms with Gasteiger partial charge in [0.15, 0.2) is 23.4 Å². The number of carbonyl (C=O) groups is 2. The van der Waals surface area contributed by atoms with Crippen LogP contribution in [0.3, 0.4) is 0 Å². The van der Waals surface area contributed by atoms with Crippen LogP contribution in [0.4, 0.5) is 0 Å². The van der Waals surface area contributed by atoms with Crippen molar-refractivity contribution in [1.82, 2.24) is 0 Å². The van der Waals surface area contributed by atoms with E-state index in [0.717, 1.165) is 0 Å². The van der Waals surface area contributed by atoms with Gasteiger partial charge in [0.25, 0.3) is 0 Å². The van der Waals surface area contributed by atoms with Crippen molar-refractivity contribution >= 4 is 17.8 Å². The Bertz CT molecular complexity index is 1020. The molecule has 0 spiro atoms. The maximum Gasteiger partial charge on any atom is 0.347 e. The SMILES string of the molecule is CCOC(=O)[C@@H](C)Oc1ccc2c(c1)O/C(=C\c1cc(OC)c(OC)cc1OC)C2=O. The predicted molar refractivity (Wildman–Crippen MR) is 112 cm³/mol. The van der Waals surface area contributed by atoms with Gasteiger partial charge < -0.3 is 28.4 Å². The zero-order chi connectivity index (χ0) is 22.5. The molecule has 0 aliphatic carbocycles. The summed E-state index contributed by atoms with van der Waals surface area (Å²) in [6.07, 6.45) is 0.784. The van der Waals surface area contributed by atoms with E-state index in [1.54, 1.807) is 50.3 Å². The Balaban J connectivity index is 1.87. The zero-order valence-electron chi connectivity index (χ0n) is 18.0. The molecule has 0 radical (unpaired) electrons. The molecule has 0 amide bonds. The van der Waals surface area contributed by atoms with E-state index in [9.17, 15) is 9.59 Å². The molecular formula is C23H24O8. The summed E-state index contributed by atoms with van der Waals surface area (Å²) in [6.45, 7) is 3.58. The lowest BCUT2D eigenvalue weighted by molar-refractivity contribution is -0.150. The van der Waals surface area contributed by atoms with Gasteiger partial charge in [-0.05, 0) is 38.1 Å². The monoisotopic (exact) mass is 428 g/mol. The Labute approximate surface area is 180 Å². The lowest BCUT2D eigenvalue weighted by Crippen LogP contribution is -2.26. The highest BCUT2D eigenvalue weighted by Gasteiger charge is 2.29.